The van der Waals surface area contributed by atoms with Gasteiger partial charge in [-0.3, -0.25) is 0 Å². The molecule has 0 bridgehead atoms. The van der Waals surface area contributed by atoms with Crippen LogP contribution >= 0.6 is 22.9 Å². The lowest BCUT2D eigenvalue weighted by Crippen LogP contribution is -2.22. The summed E-state index contributed by atoms with van der Waals surface area (Å²) in [6.45, 7) is 3.35. The van der Waals surface area contributed by atoms with Gasteiger partial charge in [0.25, 0.3) is 0 Å². The van der Waals surface area contributed by atoms with Gasteiger partial charge in [-0.2, -0.15) is 0 Å². The molecule has 9 nitrogen and oxygen atoms in total. The summed E-state index contributed by atoms with van der Waals surface area (Å²) in [5, 5.41) is 6.88. The van der Waals surface area contributed by atoms with Gasteiger partial charge in [0.2, 0.25) is 0 Å². The van der Waals surface area contributed by atoms with Crippen molar-refractivity contribution in [2.24, 2.45) is 0 Å². The highest BCUT2D eigenvalue weighted by Crippen LogP contribution is 2.37. The van der Waals surface area contributed by atoms with Crippen LogP contribution in [-0.4, -0.2) is 41.7 Å². The van der Waals surface area contributed by atoms with Crippen LogP contribution in [0.25, 0.3) is 22.2 Å². The summed E-state index contributed by atoms with van der Waals surface area (Å²) in [4.78, 5) is 13.5. The summed E-state index contributed by atoms with van der Waals surface area (Å²) in [7, 11) is -1.75. The van der Waals surface area contributed by atoms with Gasteiger partial charge in [-0.25, -0.2) is 27.8 Å². The van der Waals surface area contributed by atoms with Crippen molar-refractivity contribution in [3.05, 3.63) is 87.7 Å². The molecule has 0 amide bonds. The zero-order valence-corrected chi connectivity index (χ0v) is 25.9. The topological polar surface area (TPSA) is 113 Å². The number of hydrogen-bond donors (Lipinski definition) is 1. The molecule has 0 aliphatic carbocycles. The Labute approximate surface area is 257 Å². The summed E-state index contributed by atoms with van der Waals surface area (Å²) in [6.07, 6.45) is 1.45. The minimum atomic E-state index is -3.31. The summed E-state index contributed by atoms with van der Waals surface area (Å²) >= 11 is 7.86. The van der Waals surface area contributed by atoms with E-state index in [0.29, 0.717) is 60.8 Å². The molecule has 1 unspecified atom stereocenters. The third-order valence-corrected chi connectivity index (χ3v) is 9.68. The molecule has 0 aliphatic rings. The summed E-state index contributed by atoms with van der Waals surface area (Å²) < 4.78 is 54.6. The maximum atomic E-state index is 13.5. The molecule has 3 aromatic carbocycles. The van der Waals surface area contributed by atoms with E-state index < -0.39 is 15.3 Å². The minimum absolute atomic E-state index is 0.00467. The molecule has 224 valence electrons. The highest BCUT2D eigenvalue weighted by molar-refractivity contribution is 7.91. The first kappa shape index (κ1) is 30.6. The number of benzene rings is 3. The number of fused-ring (bicyclic) bond motifs is 1. The Morgan fingerprint density at radius 1 is 1.07 bits per heavy atom. The largest absolute Gasteiger partial charge is 0.496 e. The third kappa shape index (κ3) is 7.21. The Kier molecular flexibility index (Phi) is 9.40. The molecule has 2 aromatic heterocycles. The number of thiazole rings is 1. The Hall–Kier alpha value is -3.84. The van der Waals surface area contributed by atoms with Crippen LogP contribution in [0.2, 0.25) is 5.02 Å². The molecule has 1 N–H and O–H groups in total. The first-order valence-corrected chi connectivity index (χ1v) is 16.2. The summed E-state index contributed by atoms with van der Waals surface area (Å²) in [6, 6.07) is 15.1. The van der Waals surface area contributed by atoms with E-state index >= 15 is 0 Å². The van der Waals surface area contributed by atoms with Gasteiger partial charge in [-0.1, -0.05) is 30.7 Å². The maximum Gasteiger partial charge on any atom is 0.176 e. The van der Waals surface area contributed by atoms with Gasteiger partial charge in [0.05, 0.1) is 23.3 Å². The molecule has 0 radical (unpaired) electrons. The molecule has 13 heteroatoms. The van der Waals surface area contributed by atoms with Crippen molar-refractivity contribution in [2.75, 3.05) is 18.2 Å². The number of nitrogens with one attached hydrogen (secondary N) is 1. The molecule has 5 rings (SSSR count). The number of nitrogens with zero attached hydrogens (tertiary/aromatic N) is 3. The van der Waals surface area contributed by atoms with E-state index in [0.717, 1.165) is 0 Å². The van der Waals surface area contributed by atoms with Gasteiger partial charge in [-0.15, -0.1) is 11.3 Å². The molecule has 5 aromatic rings. The fourth-order valence-corrected chi connectivity index (χ4v) is 5.90. The van der Waals surface area contributed by atoms with Gasteiger partial charge >= 0.3 is 0 Å². The van der Waals surface area contributed by atoms with Crippen LogP contribution in [0.4, 0.5) is 15.9 Å². The predicted molar refractivity (Wildman–Crippen MR) is 166 cm³/mol. The van der Waals surface area contributed by atoms with Crippen LogP contribution < -0.4 is 14.8 Å². The maximum absolute atomic E-state index is 13.5. The lowest BCUT2D eigenvalue weighted by molar-refractivity contribution is 0.103. The molecular formula is C30H28ClFN4O5S2. The van der Waals surface area contributed by atoms with Crippen molar-refractivity contribution in [2.45, 2.75) is 32.5 Å². The second-order valence-corrected chi connectivity index (χ2v) is 13.4. The summed E-state index contributed by atoms with van der Waals surface area (Å²) in [5.74, 6) is 1.24. The van der Waals surface area contributed by atoms with Crippen LogP contribution in [0.1, 0.15) is 24.4 Å². The minimum Gasteiger partial charge on any atom is -0.496 e. The van der Waals surface area contributed by atoms with Crippen LogP contribution in [0.15, 0.2) is 66.3 Å². The first-order chi connectivity index (χ1) is 20.7. The predicted octanol–water partition coefficient (Wildman–Crippen LogP) is 7.17. The van der Waals surface area contributed by atoms with Crippen molar-refractivity contribution in [3.8, 4) is 22.8 Å². The van der Waals surface area contributed by atoms with E-state index in [-0.39, 0.29) is 24.8 Å². The smallest absolute Gasteiger partial charge is 0.176 e. The fourth-order valence-electron chi connectivity index (χ4n) is 4.20. The van der Waals surface area contributed by atoms with Gasteiger partial charge in [-0.05, 0) is 48.9 Å². The number of anilines is 2. The van der Waals surface area contributed by atoms with Crippen LogP contribution in [-0.2, 0) is 27.8 Å². The van der Waals surface area contributed by atoms with E-state index in [4.69, 9.17) is 25.8 Å². The van der Waals surface area contributed by atoms with Crippen LogP contribution in [0, 0.1) is 5.82 Å². The number of aromatic nitrogens is 3. The van der Waals surface area contributed by atoms with E-state index in [9.17, 15) is 12.8 Å². The second-order valence-electron chi connectivity index (χ2n) is 9.44. The third-order valence-electron chi connectivity index (χ3n) is 6.61. The average Bonchev–Trinajstić information content (AvgIpc) is 3.48. The van der Waals surface area contributed by atoms with Gasteiger partial charge < -0.3 is 19.5 Å². The average molecular weight is 643 g/mol. The molecule has 0 saturated heterocycles. The van der Waals surface area contributed by atoms with Gasteiger partial charge in [0.1, 0.15) is 47.7 Å². The molecular weight excluding hydrogens is 615 g/mol. The van der Waals surface area contributed by atoms with E-state index in [1.807, 2.05) is 11.4 Å². The zero-order chi connectivity index (χ0) is 30.6. The van der Waals surface area contributed by atoms with E-state index in [1.165, 1.54) is 36.7 Å². The highest BCUT2D eigenvalue weighted by atomic mass is 35.5. The van der Waals surface area contributed by atoms with Gasteiger partial charge in [0.15, 0.2) is 15.3 Å². The number of sulfone groups is 1. The monoisotopic (exact) mass is 642 g/mol. The molecule has 1 atom stereocenters. The standard InChI is InChI=1S/C30H28ClFN4O5S2/c1-4-43(37,38)18(2)40-15-29-36-26(16-42-29)22-12-23-25(13-28(22)39-3)33-17-34-30(23)35-21-8-9-27(24(31)11-21)41-14-19-6-5-7-20(32)10-19/h5-13,16-18H,4,14-15H2,1-3H3,(H,33,34,35). The number of hydrogen-bond acceptors (Lipinski definition) is 10. The molecule has 0 fully saturated rings. The van der Waals surface area contributed by atoms with Gasteiger partial charge in [0, 0.05) is 33.8 Å². The van der Waals surface area contributed by atoms with Crippen molar-refractivity contribution >= 4 is 55.2 Å². The van der Waals surface area contributed by atoms with E-state index in [2.05, 4.69) is 20.3 Å². The van der Waals surface area contributed by atoms with E-state index in [1.54, 1.807) is 50.4 Å². The van der Waals surface area contributed by atoms with Crippen molar-refractivity contribution in [3.63, 3.8) is 0 Å². The quantitative estimate of drug-likeness (QED) is 0.151. The number of methoxy groups -OCH3 is 1. The summed E-state index contributed by atoms with van der Waals surface area (Å²) in [5.41, 5.74) is 2.44. The molecule has 2 heterocycles. The van der Waals surface area contributed by atoms with Crippen molar-refractivity contribution in [1.82, 2.24) is 15.0 Å². The first-order valence-electron chi connectivity index (χ1n) is 13.2. The van der Waals surface area contributed by atoms with Crippen molar-refractivity contribution < 1.29 is 27.0 Å². The fraction of sp³-hybridized carbons (Fsp3) is 0.233. The molecule has 0 aliphatic heterocycles. The Bertz CT molecular complexity index is 1870. The Balaban J connectivity index is 1.37. The lowest BCUT2D eigenvalue weighted by atomic mass is 10.1. The number of halogens is 2. The Morgan fingerprint density at radius 2 is 1.91 bits per heavy atom. The van der Waals surface area contributed by atoms with Crippen molar-refractivity contribution in [1.29, 1.82) is 0 Å². The normalized spacial score (nSPS) is 12.3. The Morgan fingerprint density at radius 3 is 2.65 bits per heavy atom. The number of rotatable bonds is 12. The molecule has 0 saturated carbocycles. The second kappa shape index (κ2) is 13.2. The number of ether oxygens (including phenoxy) is 3. The molecule has 43 heavy (non-hydrogen) atoms. The van der Waals surface area contributed by atoms with Crippen LogP contribution in [0.3, 0.4) is 0 Å². The lowest BCUT2D eigenvalue weighted by Gasteiger charge is -2.13. The highest BCUT2D eigenvalue weighted by Gasteiger charge is 2.20. The van der Waals surface area contributed by atoms with Crippen LogP contribution in [0.5, 0.6) is 11.5 Å². The SMILES string of the molecule is CCS(=O)(=O)C(C)OCc1nc(-c2cc3c(Nc4ccc(OCc5cccc(F)c5)c(Cl)c4)ncnc3cc2OC)cs1. The zero-order valence-electron chi connectivity index (χ0n) is 23.5. The molecule has 0 spiro atoms.